The number of rotatable bonds is 4. The van der Waals surface area contributed by atoms with E-state index in [2.05, 4.69) is 15.6 Å². The zero-order valence-electron chi connectivity index (χ0n) is 6.42. The van der Waals surface area contributed by atoms with Gasteiger partial charge in [0.2, 0.25) is 0 Å². The molecule has 0 unspecified atom stereocenters. The Morgan fingerprint density at radius 3 is 3.18 bits per heavy atom. The lowest BCUT2D eigenvalue weighted by Gasteiger charge is -1.91. The first-order valence-electron chi connectivity index (χ1n) is 3.46. The van der Waals surface area contributed by atoms with E-state index in [1.165, 1.54) is 4.68 Å². The number of hydrogen-bond acceptors (Lipinski definition) is 3. The summed E-state index contributed by atoms with van der Waals surface area (Å²) in [5.74, 6) is 0. The number of halogens is 1. The van der Waals surface area contributed by atoms with E-state index in [0.717, 1.165) is 5.69 Å². The Morgan fingerprint density at radius 1 is 1.73 bits per heavy atom. The summed E-state index contributed by atoms with van der Waals surface area (Å²) < 4.78 is 13.3. The molecule has 0 bridgehead atoms. The number of hydrogen-bond donors (Lipinski definition) is 1. The number of aromatic nitrogens is 3. The average molecular weight is 158 g/mol. The van der Waals surface area contributed by atoms with E-state index in [0.29, 0.717) is 6.54 Å². The summed E-state index contributed by atoms with van der Waals surface area (Å²) in [6, 6.07) is 0. The van der Waals surface area contributed by atoms with Crippen molar-refractivity contribution in [3.05, 3.63) is 11.9 Å². The van der Waals surface area contributed by atoms with Crippen molar-refractivity contribution < 1.29 is 4.39 Å². The molecule has 1 aromatic rings. The molecule has 0 saturated carbocycles. The maximum atomic E-state index is 11.8. The fraction of sp³-hybridized carbons (Fsp3) is 0.667. The van der Waals surface area contributed by atoms with Crippen LogP contribution in [0.3, 0.4) is 0 Å². The molecular weight excluding hydrogens is 147 g/mol. The molecule has 0 aliphatic heterocycles. The largest absolute Gasteiger partial charge is 0.314 e. The standard InChI is InChI=1S/C6H11FN4/c1-8-4-6-5-11(3-2-7)10-9-6/h5,8H,2-4H2,1H3. The van der Waals surface area contributed by atoms with Crippen LogP contribution in [-0.2, 0) is 13.1 Å². The molecule has 5 heteroatoms. The third kappa shape index (κ3) is 2.27. The molecule has 1 heterocycles. The van der Waals surface area contributed by atoms with Crippen molar-refractivity contribution >= 4 is 0 Å². The van der Waals surface area contributed by atoms with Crippen LogP contribution in [0.4, 0.5) is 4.39 Å². The lowest BCUT2D eigenvalue weighted by Crippen LogP contribution is -2.05. The summed E-state index contributed by atoms with van der Waals surface area (Å²) in [6.07, 6.45) is 1.73. The van der Waals surface area contributed by atoms with Gasteiger partial charge in [0.05, 0.1) is 12.2 Å². The first-order valence-corrected chi connectivity index (χ1v) is 3.46. The van der Waals surface area contributed by atoms with Crippen LogP contribution in [0.2, 0.25) is 0 Å². The van der Waals surface area contributed by atoms with Crippen LogP contribution in [-0.4, -0.2) is 28.7 Å². The molecule has 0 aromatic carbocycles. The zero-order valence-corrected chi connectivity index (χ0v) is 6.42. The SMILES string of the molecule is CNCc1cn(CCF)nn1. The maximum Gasteiger partial charge on any atom is 0.109 e. The molecule has 1 aromatic heterocycles. The smallest absolute Gasteiger partial charge is 0.109 e. The van der Waals surface area contributed by atoms with E-state index < -0.39 is 6.67 Å². The fourth-order valence-corrected chi connectivity index (χ4v) is 0.797. The topological polar surface area (TPSA) is 42.7 Å². The normalized spacial score (nSPS) is 10.4. The van der Waals surface area contributed by atoms with Crippen LogP contribution >= 0.6 is 0 Å². The Kier molecular flexibility index (Phi) is 2.97. The number of nitrogens with one attached hydrogen (secondary N) is 1. The van der Waals surface area contributed by atoms with E-state index in [4.69, 9.17) is 0 Å². The Hall–Kier alpha value is -0.970. The highest BCUT2D eigenvalue weighted by Crippen LogP contribution is 1.91. The van der Waals surface area contributed by atoms with Gasteiger partial charge in [-0.3, -0.25) is 0 Å². The molecule has 1 N–H and O–H groups in total. The first-order chi connectivity index (χ1) is 5.36. The lowest BCUT2D eigenvalue weighted by atomic mass is 10.5. The van der Waals surface area contributed by atoms with Crippen molar-refractivity contribution in [1.82, 2.24) is 20.3 Å². The van der Waals surface area contributed by atoms with Crippen molar-refractivity contribution in [3.63, 3.8) is 0 Å². The highest BCUT2D eigenvalue weighted by Gasteiger charge is 1.97. The van der Waals surface area contributed by atoms with Gasteiger partial charge in [0, 0.05) is 12.7 Å². The maximum absolute atomic E-state index is 11.8. The van der Waals surface area contributed by atoms with Crippen LogP contribution in [0.25, 0.3) is 0 Å². The summed E-state index contributed by atoms with van der Waals surface area (Å²) in [7, 11) is 1.83. The van der Waals surface area contributed by atoms with E-state index in [-0.39, 0.29) is 6.54 Å². The number of alkyl halides is 1. The third-order valence-corrected chi connectivity index (χ3v) is 1.26. The van der Waals surface area contributed by atoms with Gasteiger partial charge in [-0.2, -0.15) is 0 Å². The third-order valence-electron chi connectivity index (χ3n) is 1.26. The van der Waals surface area contributed by atoms with Crippen LogP contribution in [0.5, 0.6) is 0 Å². The first kappa shape index (κ1) is 8.13. The summed E-state index contributed by atoms with van der Waals surface area (Å²) in [5, 5.41) is 10.4. The minimum Gasteiger partial charge on any atom is -0.314 e. The number of aryl methyl sites for hydroxylation is 1. The second kappa shape index (κ2) is 4.02. The Bertz CT molecular complexity index is 190. The molecule has 0 fully saturated rings. The molecule has 1 rings (SSSR count). The van der Waals surface area contributed by atoms with Gasteiger partial charge >= 0.3 is 0 Å². The summed E-state index contributed by atoms with van der Waals surface area (Å²) in [4.78, 5) is 0. The van der Waals surface area contributed by atoms with Gasteiger partial charge < -0.3 is 5.32 Å². The summed E-state index contributed by atoms with van der Waals surface area (Å²) in [5.41, 5.74) is 0.834. The highest BCUT2D eigenvalue weighted by molar-refractivity contribution is 4.90. The van der Waals surface area contributed by atoms with E-state index in [1.807, 2.05) is 7.05 Å². The van der Waals surface area contributed by atoms with Crippen molar-refractivity contribution in [2.75, 3.05) is 13.7 Å². The fourth-order valence-electron chi connectivity index (χ4n) is 0.797. The van der Waals surface area contributed by atoms with Gasteiger partial charge in [0.15, 0.2) is 0 Å². The molecule has 0 aliphatic carbocycles. The highest BCUT2D eigenvalue weighted by atomic mass is 19.1. The Labute approximate surface area is 64.4 Å². The van der Waals surface area contributed by atoms with Crippen LogP contribution in [0.15, 0.2) is 6.20 Å². The van der Waals surface area contributed by atoms with Crippen molar-refractivity contribution in [3.8, 4) is 0 Å². The Balaban J connectivity index is 2.51. The minimum absolute atomic E-state index is 0.288. The average Bonchev–Trinajstić information content (AvgIpc) is 2.38. The minimum atomic E-state index is -0.400. The van der Waals surface area contributed by atoms with Gasteiger partial charge in [0.1, 0.15) is 6.67 Å². The second-order valence-corrected chi connectivity index (χ2v) is 2.19. The van der Waals surface area contributed by atoms with Crippen LogP contribution in [0, 0.1) is 0 Å². The van der Waals surface area contributed by atoms with E-state index in [9.17, 15) is 4.39 Å². The van der Waals surface area contributed by atoms with Gasteiger partial charge in [-0.25, -0.2) is 9.07 Å². The van der Waals surface area contributed by atoms with Gasteiger partial charge in [-0.1, -0.05) is 5.21 Å². The van der Waals surface area contributed by atoms with Gasteiger partial charge in [0.25, 0.3) is 0 Å². The summed E-state index contributed by atoms with van der Waals surface area (Å²) >= 11 is 0. The molecule has 0 spiro atoms. The van der Waals surface area contributed by atoms with Crippen molar-refractivity contribution in [1.29, 1.82) is 0 Å². The second-order valence-electron chi connectivity index (χ2n) is 2.19. The molecule has 0 atom stereocenters. The number of nitrogens with zero attached hydrogens (tertiary/aromatic N) is 3. The lowest BCUT2D eigenvalue weighted by molar-refractivity contribution is 0.422. The summed E-state index contributed by atoms with van der Waals surface area (Å²) in [6.45, 7) is 0.561. The predicted molar refractivity (Wildman–Crippen MR) is 38.8 cm³/mol. The van der Waals surface area contributed by atoms with E-state index in [1.54, 1.807) is 6.20 Å². The van der Waals surface area contributed by atoms with Crippen molar-refractivity contribution in [2.45, 2.75) is 13.1 Å². The van der Waals surface area contributed by atoms with Crippen molar-refractivity contribution in [2.24, 2.45) is 0 Å². The molecule has 0 aliphatic rings. The molecule has 4 nitrogen and oxygen atoms in total. The van der Waals surface area contributed by atoms with Crippen LogP contribution in [0.1, 0.15) is 5.69 Å². The molecule has 11 heavy (non-hydrogen) atoms. The van der Waals surface area contributed by atoms with E-state index >= 15 is 0 Å². The molecule has 0 saturated heterocycles. The van der Waals surface area contributed by atoms with Gasteiger partial charge in [-0.15, -0.1) is 5.10 Å². The molecule has 0 radical (unpaired) electrons. The van der Waals surface area contributed by atoms with Gasteiger partial charge in [-0.05, 0) is 7.05 Å². The monoisotopic (exact) mass is 158 g/mol. The zero-order chi connectivity index (χ0) is 8.10. The quantitative estimate of drug-likeness (QED) is 0.669. The molecular formula is C6H11FN4. The Morgan fingerprint density at radius 2 is 2.55 bits per heavy atom. The van der Waals surface area contributed by atoms with Crippen LogP contribution < -0.4 is 5.32 Å². The molecule has 62 valence electrons. The predicted octanol–water partition coefficient (Wildman–Crippen LogP) is -0.0330. The molecule has 0 amide bonds.